The molecule has 1 amide bonds. The van der Waals surface area contributed by atoms with E-state index in [1.807, 2.05) is 6.07 Å². The summed E-state index contributed by atoms with van der Waals surface area (Å²) in [6.45, 7) is 1.30. The minimum Gasteiger partial charge on any atom is -0.451 e. The van der Waals surface area contributed by atoms with E-state index in [2.05, 4.69) is 5.32 Å². The van der Waals surface area contributed by atoms with Crippen molar-refractivity contribution in [1.29, 1.82) is 0 Å². The van der Waals surface area contributed by atoms with Gasteiger partial charge in [-0.05, 0) is 44.2 Å². The van der Waals surface area contributed by atoms with Crippen molar-refractivity contribution in [3.8, 4) is 0 Å². The van der Waals surface area contributed by atoms with E-state index in [9.17, 15) is 18.0 Å². The number of hydrogen-bond acceptors (Lipinski definition) is 6. The Labute approximate surface area is 139 Å². The molecule has 2 aliphatic rings. The maximum Gasteiger partial charge on any atom is 0.348 e. The Morgan fingerprint density at radius 2 is 2.17 bits per heavy atom. The number of hydrogen-bond donors (Lipinski definition) is 1. The van der Waals surface area contributed by atoms with Crippen LogP contribution in [-0.4, -0.2) is 43.9 Å². The minimum absolute atomic E-state index is 0.0721. The number of fused-ring (bicyclic) bond motifs is 1. The lowest BCUT2D eigenvalue weighted by Crippen LogP contribution is -2.48. The Hall–Kier alpha value is -1.41. The number of ether oxygens (including phenoxy) is 1. The fourth-order valence-electron chi connectivity index (χ4n) is 3.11. The van der Waals surface area contributed by atoms with Crippen molar-refractivity contribution in [1.82, 2.24) is 5.32 Å². The number of carbonyl (C=O) groups excluding carboxylic acids is 2. The second-order valence-corrected chi connectivity index (χ2v) is 9.76. The molecular weight excluding hydrogens is 338 g/mol. The Balaban J connectivity index is 1.51. The van der Waals surface area contributed by atoms with Gasteiger partial charge in [0.1, 0.15) is 4.88 Å². The average molecular weight is 357 g/mol. The molecule has 1 aliphatic heterocycles. The standard InChI is InChI=1S/C15H19NO5S2/c1-15(5-6-23(19,20)9-15)16-13(17)8-21-14(18)12-7-10-3-2-4-11(10)22-12/h7H,2-6,8-9H2,1H3,(H,16,17). The highest BCUT2D eigenvalue weighted by Gasteiger charge is 2.39. The van der Waals surface area contributed by atoms with Crippen LogP contribution >= 0.6 is 11.3 Å². The van der Waals surface area contributed by atoms with Crippen LogP contribution in [0.1, 0.15) is 39.9 Å². The number of thiophene rings is 1. The molecule has 6 nitrogen and oxygen atoms in total. The fraction of sp³-hybridized carbons (Fsp3) is 0.600. The van der Waals surface area contributed by atoms with E-state index in [0.717, 1.165) is 19.3 Å². The lowest BCUT2D eigenvalue weighted by Gasteiger charge is -2.23. The highest BCUT2D eigenvalue weighted by Crippen LogP contribution is 2.31. The average Bonchev–Trinajstić information content (AvgIpc) is 3.09. The minimum atomic E-state index is -3.09. The van der Waals surface area contributed by atoms with E-state index in [1.165, 1.54) is 21.8 Å². The van der Waals surface area contributed by atoms with E-state index in [1.54, 1.807) is 6.92 Å². The van der Waals surface area contributed by atoms with Gasteiger partial charge in [-0.1, -0.05) is 0 Å². The maximum atomic E-state index is 12.0. The van der Waals surface area contributed by atoms with Gasteiger partial charge < -0.3 is 10.1 Å². The number of sulfone groups is 1. The van der Waals surface area contributed by atoms with Crippen LogP contribution in [0, 0.1) is 0 Å². The molecule has 8 heteroatoms. The van der Waals surface area contributed by atoms with Crippen molar-refractivity contribution in [3.63, 3.8) is 0 Å². The molecule has 1 saturated heterocycles. The van der Waals surface area contributed by atoms with Gasteiger partial charge in [-0.3, -0.25) is 4.79 Å². The van der Waals surface area contributed by atoms with Crippen molar-refractivity contribution in [2.75, 3.05) is 18.1 Å². The number of amides is 1. The van der Waals surface area contributed by atoms with Gasteiger partial charge >= 0.3 is 5.97 Å². The molecule has 2 heterocycles. The number of esters is 1. The van der Waals surface area contributed by atoms with E-state index in [0.29, 0.717) is 11.3 Å². The molecule has 3 rings (SSSR count). The van der Waals surface area contributed by atoms with Crippen LogP contribution < -0.4 is 5.32 Å². The van der Waals surface area contributed by atoms with Crippen molar-refractivity contribution in [2.24, 2.45) is 0 Å². The molecular formula is C15H19NO5S2. The highest BCUT2D eigenvalue weighted by atomic mass is 32.2. The molecule has 1 aromatic rings. The van der Waals surface area contributed by atoms with Gasteiger partial charge in [0.2, 0.25) is 0 Å². The summed E-state index contributed by atoms with van der Waals surface area (Å²) in [7, 11) is -3.09. The first-order chi connectivity index (χ1) is 10.8. The molecule has 1 fully saturated rings. The normalized spacial score (nSPS) is 25.1. The molecule has 1 aromatic heterocycles. The molecule has 0 radical (unpaired) electrons. The quantitative estimate of drug-likeness (QED) is 0.815. The van der Waals surface area contributed by atoms with Gasteiger partial charge in [0.05, 0.1) is 17.0 Å². The zero-order chi connectivity index (χ0) is 16.7. The Bertz CT molecular complexity index is 730. The first-order valence-corrected chi connectivity index (χ1v) is 10.2. The maximum absolute atomic E-state index is 12.0. The monoisotopic (exact) mass is 357 g/mol. The Morgan fingerprint density at radius 1 is 1.39 bits per heavy atom. The van der Waals surface area contributed by atoms with Crippen LogP contribution in [-0.2, 0) is 32.2 Å². The van der Waals surface area contributed by atoms with Crippen LogP contribution in [0.25, 0.3) is 0 Å². The third kappa shape index (κ3) is 3.74. The van der Waals surface area contributed by atoms with Crippen LogP contribution in [0.2, 0.25) is 0 Å². The molecule has 0 aromatic carbocycles. The van der Waals surface area contributed by atoms with Crippen molar-refractivity contribution in [3.05, 3.63) is 21.4 Å². The molecule has 0 bridgehead atoms. The smallest absolute Gasteiger partial charge is 0.348 e. The number of carbonyl (C=O) groups is 2. The summed E-state index contributed by atoms with van der Waals surface area (Å²) in [5.41, 5.74) is 0.432. The highest BCUT2D eigenvalue weighted by molar-refractivity contribution is 7.91. The first-order valence-electron chi connectivity index (χ1n) is 7.57. The molecule has 1 atom stereocenters. The van der Waals surface area contributed by atoms with E-state index in [4.69, 9.17) is 4.74 Å². The van der Waals surface area contributed by atoms with Gasteiger partial charge in [-0.2, -0.15) is 0 Å². The molecule has 1 aliphatic carbocycles. The summed E-state index contributed by atoms with van der Waals surface area (Å²) in [4.78, 5) is 25.6. The van der Waals surface area contributed by atoms with E-state index >= 15 is 0 Å². The third-order valence-electron chi connectivity index (χ3n) is 4.23. The predicted octanol–water partition coefficient (Wildman–Crippen LogP) is 1.09. The number of rotatable bonds is 4. The molecule has 126 valence electrons. The summed E-state index contributed by atoms with van der Waals surface area (Å²) in [6, 6.07) is 1.85. The lowest BCUT2D eigenvalue weighted by atomic mass is 10.0. The SMILES string of the molecule is CC1(NC(=O)COC(=O)c2cc3c(s2)CCC3)CCS(=O)(=O)C1. The number of nitrogens with one attached hydrogen (secondary N) is 1. The zero-order valence-electron chi connectivity index (χ0n) is 12.9. The second kappa shape index (κ2) is 5.90. The van der Waals surface area contributed by atoms with Gasteiger partial charge in [-0.25, -0.2) is 13.2 Å². The van der Waals surface area contributed by atoms with Gasteiger partial charge in [0, 0.05) is 4.88 Å². The van der Waals surface area contributed by atoms with Gasteiger partial charge in [0.25, 0.3) is 5.91 Å². The molecule has 0 spiro atoms. The summed E-state index contributed by atoms with van der Waals surface area (Å²) < 4.78 is 28.1. The van der Waals surface area contributed by atoms with E-state index in [-0.39, 0.29) is 11.5 Å². The van der Waals surface area contributed by atoms with Crippen molar-refractivity contribution < 1.29 is 22.7 Å². The Kier molecular flexibility index (Phi) is 4.22. The fourth-order valence-corrected chi connectivity index (χ4v) is 6.35. The van der Waals surface area contributed by atoms with Crippen molar-refractivity contribution >= 4 is 33.1 Å². The topological polar surface area (TPSA) is 89.5 Å². The predicted molar refractivity (Wildman–Crippen MR) is 86.4 cm³/mol. The first kappa shape index (κ1) is 16.4. The molecule has 1 N–H and O–H groups in total. The van der Waals surface area contributed by atoms with Crippen LogP contribution in [0.3, 0.4) is 0 Å². The lowest BCUT2D eigenvalue weighted by molar-refractivity contribution is -0.125. The van der Waals surface area contributed by atoms with E-state index < -0.39 is 33.9 Å². The summed E-state index contributed by atoms with van der Waals surface area (Å²) in [6.07, 6.45) is 3.50. The van der Waals surface area contributed by atoms with Gasteiger partial charge in [0.15, 0.2) is 16.4 Å². The second-order valence-electron chi connectivity index (χ2n) is 6.44. The third-order valence-corrected chi connectivity index (χ3v) is 7.35. The number of aryl methyl sites for hydroxylation is 2. The summed E-state index contributed by atoms with van der Waals surface area (Å²) in [5, 5.41) is 2.66. The molecule has 23 heavy (non-hydrogen) atoms. The zero-order valence-corrected chi connectivity index (χ0v) is 14.5. The van der Waals surface area contributed by atoms with Crippen LogP contribution in [0.4, 0.5) is 0 Å². The van der Waals surface area contributed by atoms with Crippen molar-refractivity contribution in [2.45, 2.75) is 38.1 Å². The molecule has 0 saturated carbocycles. The summed E-state index contributed by atoms with van der Waals surface area (Å²) in [5.74, 6) is -0.965. The Morgan fingerprint density at radius 3 is 2.83 bits per heavy atom. The summed E-state index contributed by atoms with van der Waals surface area (Å²) >= 11 is 1.43. The molecule has 1 unspecified atom stereocenters. The van der Waals surface area contributed by atoms with Crippen LogP contribution in [0.15, 0.2) is 6.07 Å². The van der Waals surface area contributed by atoms with Gasteiger partial charge in [-0.15, -0.1) is 11.3 Å². The van der Waals surface area contributed by atoms with Crippen LogP contribution in [0.5, 0.6) is 0 Å². The largest absolute Gasteiger partial charge is 0.451 e.